The van der Waals surface area contributed by atoms with Crippen LogP contribution in [0, 0.1) is 30.2 Å². The molecule has 10 heteroatoms. The third kappa shape index (κ3) is 4.58. The molecule has 2 heterocycles. The number of aliphatic hydroxyl groups excluding tert-OH is 1. The molecule has 4 rings (SSSR count). The van der Waals surface area contributed by atoms with Gasteiger partial charge >= 0.3 is 0 Å². The van der Waals surface area contributed by atoms with Crippen LogP contribution in [0.2, 0.25) is 0 Å². The van der Waals surface area contributed by atoms with Crippen LogP contribution in [0.1, 0.15) is 33.4 Å². The van der Waals surface area contributed by atoms with Gasteiger partial charge in [-0.2, -0.15) is 0 Å². The molecule has 1 amide bonds. The standard InChI is InChI=1S/C24H19F4N3O3/c1-13-22(24(33)30-20(11-32)14-4-6-15(25)7-5-14)31-8-2-3-21(23(31)29-13)34-12-17-18(27)9-16(26)10-19(17)28/h2-10,20,32H,11-12H2,1H3,(H,30,33)/t20-/m0/s1. The number of imidazole rings is 1. The molecular weight excluding hydrogens is 454 g/mol. The number of amides is 1. The van der Waals surface area contributed by atoms with Crippen molar-refractivity contribution < 1.29 is 32.2 Å². The number of hydrogen-bond donors (Lipinski definition) is 2. The first-order valence-corrected chi connectivity index (χ1v) is 10.2. The minimum absolute atomic E-state index is 0.144. The van der Waals surface area contributed by atoms with E-state index < -0.39 is 54.0 Å². The fourth-order valence-electron chi connectivity index (χ4n) is 3.56. The average molecular weight is 473 g/mol. The van der Waals surface area contributed by atoms with Crippen LogP contribution in [0.4, 0.5) is 17.6 Å². The summed E-state index contributed by atoms with van der Waals surface area (Å²) >= 11 is 0. The Kier molecular flexibility index (Phi) is 6.51. The summed E-state index contributed by atoms with van der Waals surface area (Å²) < 4.78 is 61.2. The van der Waals surface area contributed by atoms with Crippen molar-refractivity contribution in [2.75, 3.05) is 6.61 Å². The predicted octanol–water partition coefficient (Wildman–Crippen LogP) is 4.24. The Morgan fingerprint density at radius 1 is 1.09 bits per heavy atom. The number of hydrogen-bond acceptors (Lipinski definition) is 4. The number of aryl methyl sites for hydroxylation is 1. The number of rotatable bonds is 7. The number of nitrogens with one attached hydrogen (secondary N) is 1. The third-order valence-corrected chi connectivity index (χ3v) is 5.24. The van der Waals surface area contributed by atoms with E-state index in [1.165, 1.54) is 34.7 Å². The van der Waals surface area contributed by atoms with Crippen molar-refractivity contribution in [3.05, 3.63) is 101 Å². The molecule has 0 aliphatic carbocycles. The van der Waals surface area contributed by atoms with Crippen molar-refractivity contribution in [3.63, 3.8) is 0 Å². The maximum Gasteiger partial charge on any atom is 0.270 e. The first-order chi connectivity index (χ1) is 16.3. The second kappa shape index (κ2) is 9.52. The zero-order valence-electron chi connectivity index (χ0n) is 17.9. The highest BCUT2D eigenvalue weighted by Gasteiger charge is 2.22. The first-order valence-electron chi connectivity index (χ1n) is 10.2. The van der Waals surface area contributed by atoms with E-state index in [2.05, 4.69) is 10.3 Å². The molecule has 0 aliphatic heterocycles. The second-order valence-electron chi connectivity index (χ2n) is 7.51. The van der Waals surface area contributed by atoms with E-state index in [1.54, 1.807) is 19.2 Å². The number of ether oxygens (including phenoxy) is 1. The quantitative estimate of drug-likeness (QED) is 0.394. The Bertz CT molecular complexity index is 1330. The molecule has 2 aromatic heterocycles. The van der Waals surface area contributed by atoms with Gasteiger partial charge in [-0.05, 0) is 36.8 Å². The Balaban J connectivity index is 1.60. The van der Waals surface area contributed by atoms with E-state index in [9.17, 15) is 27.5 Å². The highest BCUT2D eigenvalue weighted by molar-refractivity contribution is 5.95. The molecule has 4 aromatic rings. The Hall–Kier alpha value is -3.92. The number of aliphatic hydroxyl groups is 1. The van der Waals surface area contributed by atoms with E-state index in [0.29, 0.717) is 23.4 Å². The second-order valence-corrected chi connectivity index (χ2v) is 7.51. The fourth-order valence-corrected chi connectivity index (χ4v) is 3.56. The van der Waals surface area contributed by atoms with Crippen LogP contribution in [0.5, 0.6) is 5.75 Å². The van der Waals surface area contributed by atoms with Gasteiger partial charge in [0.25, 0.3) is 5.91 Å². The van der Waals surface area contributed by atoms with Gasteiger partial charge in [-0.25, -0.2) is 22.5 Å². The molecule has 0 spiro atoms. The van der Waals surface area contributed by atoms with Crippen molar-refractivity contribution in [3.8, 4) is 5.75 Å². The van der Waals surface area contributed by atoms with Crippen molar-refractivity contribution in [1.82, 2.24) is 14.7 Å². The highest BCUT2D eigenvalue weighted by atomic mass is 19.1. The van der Waals surface area contributed by atoms with Crippen LogP contribution in [-0.4, -0.2) is 27.0 Å². The summed E-state index contributed by atoms with van der Waals surface area (Å²) in [4.78, 5) is 17.4. The number of fused-ring (bicyclic) bond motifs is 1. The van der Waals surface area contributed by atoms with Gasteiger partial charge in [0.05, 0.1) is 23.9 Å². The van der Waals surface area contributed by atoms with Gasteiger partial charge in [-0.1, -0.05) is 12.1 Å². The van der Waals surface area contributed by atoms with Gasteiger partial charge in [0.2, 0.25) is 0 Å². The lowest BCUT2D eigenvalue weighted by molar-refractivity contribution is 0.0909. The van der Waals surface area contributed by atoms with E-state index in [-0.39, 0.29) is 17.1 Å². The Morgan fingerprint density at radius 2 is 1.76 bits per heavy atom. The molecule has 0 unspecified atom stereocenters. The maximum absolute atomic E-state index is 13.9. The van der Waals surface area contributed by atoms with E-state index in [1.807, 2.05) is 0 Å². The molecular formula is C24H19F4N3O3. The normalized spacial score (nSPS) is 12.1. The smallest absolute Gasteiger partial charge is 0.270 e. The van der Waals surface area contributed by atoms with Crippen molar-refractivity contribution >= 4 is 11.6 Å². The number of nitrogens with zero attached hydrogens (tertiary/aromatic N) is 2. The maximum atomic E-state index is 13.9. The first kappa shape index (κ1) is 23.2. The van der Waals surface area contributed by atoms with Gasteiger partial charge in [-0.3, -0.25) is 9.20 Å². The SMILES string of the molecule is Cc1nc2c(OCc3c(F)cc(F)cc3F)cccn2c1C(=O)N[C@@H](CO)c1ccc(F)cc1. The largest absolute Gasteiger partial charge is 0.485 e. The summed E-state index contributed by atoms with van der Waals surface area (Å²) in [6.45, 7) is 0.648. The lowest BCUT2D eigenvalue weighted by atomic mass is 10.1. The van der Waals surface area contributed by atoms with Crippen molar-refractivity contribution in [2.24, 2.45) is 0 Å². The highest BCUT2D eigenvalue weighted by Crippen LogP contribution is 2.25. The number of benzene rings is 2. The van der Waals surface area contributed by atoms with Crippen molar-refractivity contribution in [2.45, 2.75) is 19.6 Å². The lowest BCUT2D eigenvalue weighted by Gasteiger charge is -2.17. The zero-order chi connectivity index (χ0) is 24.4. The summed E-state index contributed by atoms with van der Waals surface area (Å²) in [5.74, 6) is -4.06. The zero-order valence-corrected chi connectivity index (χ0v) is 17.9. The van der Waals surface area contributed by atoms with Crippen LogP contribution in [0.15, 0.2) is 54.7 Å². The summed E-state index contributed by atoms with van der Waals surface area (Å²) in [5.41, 5.74) is 0.768. The van der Waals surface area contributed by atoms with Crippen molar-refractivity contribution in [1.29, 1.82) is 0 Å². The molecule has 2 N–H and O–H groups in total. The molecule has 1 atom stereocenters. The molecule has 0 bridgehead atoms. The molecule has 0 saturated heterocycles. The molecule has 0 saturated carbocycles. The van der Waals surface area contributed by atoms with Crippen LogP contribution >= 0.6 is 0 Å². The summed E-state index contributed by atoms with van der Waals surface area (Å²) in [6.07, 6.45) is 1.56. The summed E-state index contributed by atoms with van der Waals surface area (Å²) in [6, 6.07) is 8.75. The van der Waals surface area contributed by atoms with Gasteiger partial charge in [0.1, 0.15) is 35.6 Å². The van der Waals surface area contributed by atoms with Crippen LogP contribution in [0.3, 0.4) is 0 Å². The number of carbonyl (C=O) groups is 1. The van der Waals surface area contributed by atoms with Gasteiger partial charge in [0, 0.05) is 18.3 Å². The topological polar surface area (TPSA) is 75.9 Å². The molecule has 176 valence electrons. The number of pyridine rings is 1. The van der Waals surface area contributed by atoms with E-state index in [0.717, 1.165) is 0 Å². The minimum atomic E-state index is -1.08. The van der Waals surface area contributed by atoms with Crippen LogP contribution in [-0.2, 0) is 6.61 Å². The van der Waals surface area contributed by atoms with Crippen LogP contribution in [0.25, 0.3) is 5.65 Å². The van der Waals surface area contributed by atoms with Gasteiger partial charge in [0.15, 0.2) is 11.4 Å². The number of halogens is 4. The molecule has 34 heavy (non-hydrogen) atoms. The summed E-state index contributed by atoms with van der Waals surface area (Å²) in [5, 5.41) is 12.4. The number of carbonyl (C=O) groups excluding carboxylic acids is 1. The summed E-state index contributed by atoms with van der Waals surface area (Å²) in [7, 11) is 0. The average Bonchev–Trinajstić information content (AvgIpc) is 3.14. The molecule has 2 aromatic carbocycles. The van der Waals surface area contributed by atoms with Crippen LogP contribution < -0.4 is 10.1 Å². The van der Waals surface area contributed by atoms with E-state index in [4.69, 9.17) is 4.74 Å². The van der Waals surface area contributed by atoms with Gasteiger partial charge in [-0.15, -0.1) is 0 Å². The Morgan fingerprint density at radius 3 is 2.41 bits per heavy atom. The minimum Gasteiger partial charge on any atom is -0.485 e. The molecule has 6 nitrogen and oxygen atoms in total. The molecule has 0 radical (unpaired) electrons. The number of aromatic nitrogens is 2. The van der Waals surface area contributed by atoms with Gasteiger partial charge < -0.3 is 15.2 Å². The fraction of sp³-hybridized carbons (Fsp3) is 0.167. The lowest BCUT2D eigenvalue weighted by Crippen LogP contribution is -2.32. The van der Waals surface area contributed by atoms with E-state index >= 15 is 0 Å². The molecule has 0 aliphatic rings. The Labute approximate surface area is 191 Å². The third-order valence-electron chi connectivity index (χ3n) is 5.24. The monoisotopic (exact) mass is 473 g/mol. The molecule has 0 fully saturated rings. The predicted molar refractivity (Wildman–Crippen MR) is 114 cm³/mol.